The number of aromatic nitrogens is 1. The number of Topliss-reactive ketones (excluding diaryl/α,β-unsaturated/α-hetero) is 1. The first-order valence-corrected chi connectivity index (χ1v) is 9.23. The average molecular weight is 369 g/mol. The molecule has 2 aromatic carbocycles. The van der Waals surface area contributed by atoms with Gasteiger partial charge in [-0.3, -0.25) is 9.59 Å². The van der Waals surface area contributed by atoms with Gasteiger partial charge in [-0.2, -0.15) is 0 Å². The van der Waals surface area contributed by atoms with Crippen LogP contribution < -0.4 is 4.74 Å². The summed E-state index contributed by atoms with van der Waals surface area (Å²) in [5.41, 5.74) is 1.43. The van der Waals surface area contributed by atoms with E-state index < -0.39 is 5.97 Å². The molecule has 1 aromatic heterocycles. The topological polar surface area (TPSA) is 65.5 Å². The molecule has 0 fully saturated rings. The Balaban J connectivity index is 1.46. The van der Waals surface area contributed by atoms with Gasteiger partial charge in [-0.05, 0) is 43.3 Å². The summed E-state index contributed by atoms with van der Waals surface area (Å²) >= 11 is 1.57. The Bertz CT molecular complexity index is 869. The summed E-state index contributed by atoms with van der Waals surface area (Å²) in [4.78, 5) is 28.5. The molecule has 0 unspecified atom stereocenters. The molecule has 0 spiro atoms. The Morgan fingerprint density at radius 3 is 2.58 bits per heavy atom. The van der Waals surface area contributed by atoms with Crippen molar-refractivity contribution in [1.82, 2.24) is 4.98 Å². The van der Waals surface area contributed by atoms with Crippen LogP contribution in [0.4, 0.5) is 0 Å². The summed E-state index contributed by atoms with van der Waals surface area (Å²) in [6.45, 7) is 2.21. The van der Waals surface area contributed by atoms with E-state index in [4.69, 9.17) is 9.47 Å². The first-order valence-electron chi connectivity index (χ1n) is 8.42. The number of hydrogen-bond acceptors (Lipinski definition) is 6. The van der Waals surface area contributed by atoms with Crippen LogP contribution in [0.3, 0.4) is 0 Å². The van der Waals surface area contributed by atoms with Crippen LogP contribution in [0.1, 0.15) is 28.7 Å². The summed E-state index contributed by atoms with van der Waals surface area (Å²) in [5.74, 6) is 0.0711. The maximum Gasteiger partial charge on any atom is 0.306 e. The van der Waals surface area contributed by atoms with Gasteiger partial charge in [0.25, 0.3) is 0 Å². The maximum atomic E-state index is 12.1. The normalized spacial score (nSPS) is 10.7. The summed E-state index contributed by atoms with van der Waals surface area (Å²) in [7, 11) is 0. The molecular formula is C20H19NO4S. The third kappa shape index (κ3) is 4.67. The van der Waals surface area contributed by atoms with Gasteiger partial charge in [0.15, 0.2) is 12.4 Å². The molecule has 5 nitrogen and oxygen atoms in total. The van der Waals surface area contributed by atoms with Crippen molar-refractivity contribution < 1.29 is 19.1 Å². The number of rotatable bonds is 8. The Kier molecular flexibility index (Phi) is 5.96. The molecule has 0 atom stereocenters. The summed E-state index contributed by atoms with van der Waals surface area (Å²) in [5, 5.41) is 0.890. The molecule has 1 heterocycles. The smallest absolute Gasteiger partial charge is 0.306 e. The van der Waals surface area contributed by atoms with Gasteiger partial charge in [-0.1, -0.05) is 12.1 Å². The zero-order valence-electron chi connectivity index (χ0n) is 14.4. The zero-order valence-corrected chi connectivity index (χ0v) is 15.3. The van der Waals surface area contributed by atoms with E-state index in [9.17, 15) is 9.59 Å². The molecule has 26 heavy (non-hydrogen) atoms. The fourth-order valence-corrected chi connectivity index (χ4v) is 3.41. The number of carbonyl (C=O) groups is 2. The lowest BCUT2D eigenvalue weighted by atomic mass is 10.1. The van der Waals surface area contributed by atoms with Crippen molar-refractivity contribution in [2.24, 2.45) is 0 Å². The number of hydrogen-bond donors (Lipinski definition) is 0. The highest BCUT2D eigenvalue weighted by atomic mass is 32.1. The minimum absolute atomic E-state index is 0.205. The minimum Gasteiger partial charge on any atom is -0.494 e. The lowest BCUT2D eigenvalue weighted by molar-refractivity contribution is -0.142. The Morgan fingerprint density at radius 2 is 1.85 bits per heavy atom. The number of fused-ring (bicyclic) bond motifs is 1. The zero-order chi connectivity index (χ0) is 18.4. The number of esters is 1. The number of para-hydroxylation sites is 1. The van der Waals surface area contributed by atoms with Crippen LogP contribution in [0, 0.1) is 0 Å². The lowest BCUT2D eigenvalue weighted by Crippen LogP contribution is -2.14. The first-order chi connectivity index (χ1) is 12.7. The van der Waals surface area contributed by atoms with Gasteiger partial charge in [0, 0.05) is 12.0 Å². The Labute approximate surface area is 155 Å². The second-order valence-electron chi connectivity index (χ2n) is 5.62. The molecule has 0 aliphatic heterocycles. The van der Waals surface area contributed by atoms with Gasteiger partial charge in [0.05, 0.1) is 28.3 Å². The molecule has 0 radical (unpaired) electrons. The van der Waals surface area contributed by atoms with Crippen molar-refractivity contribution in [2.75, 3.05) is 13.2 Å². The second kappa shape index (κ2) is 8.58. The number of ether oxygens (including phenoxy) is 2. The standard InChI is InChI=1S/C20H19NO4S/c1-2-24-15-9-7-14(8-10-15)17(22)13-25-20(23)12-11-19-21-16-5-3-4-6-18(16)26-19/h3-10H,2,11-13H2,1H3. The van der Waals surface area contributed by atoms with E-state index in [-0.39, 0.29) is 18.8 Å². The first kappa shape index (κ1) is 18.1. The van der Waals surface area contributed by atoms with E-state index in [1.54, 1.807) is 35.6 Å². The summed E-state index contributed by atoms with van der Waals surface area (Å²) < 4.78 is 11.5. The lowest BCUT2D eigenvalue weighted by Gasteiger charge is -2.05. The molecule has 0 aliphatic rings. The van der Waals surface area contributed by atoms with Crippen molar-refractivity contribution >= 4 is 33.3 Å². The summed E-state index contributed by atoms with van der Waals surface area (Å²) in [6, 6.07) is 14.6. The van der Waals surface area contributed by atoms with Gasteiger partial charge >= 0.3 is 5.97 Å². The van der Waals surface area contributed by atoms with Gasteiger partial charge in [-0.25, -0.2) is 4.98 Å². The van der Waals surface area contributed by atoms with E-state index in [0.717, 1.165) is 15.2 Å². The van der Waals surface area contributed by atoms with Gasteiger partial charge in [0.1, 0.15) is 5.75 Å². The van der Waals surface area contributed by atoms with Crippen molar-refractivity contribution in [1.29, 1.82) is 0 Å². The molecule has 0 saturated carbocycles. The number of nitrogens with zero attached hydrogens (tertiary/aromatic N) is 1. The summed E-state index contributed by atoms with van der Waals surface area (Å²) in [6.07, 6.45) is 0.714. The van der Waals surface area contributed by atoms with E-state index >= 15 is 0 Å². The van der Waals surface area contributed by atoms with Crippen molar-refractivity contribution in [2.45, 2.75) is 19.8 Å². The maximum absolute atomic E-state index is 12.1. The predicted octanol–water partition coefficient (Wildman–Crippen LogP) is 4.05. The van der Waals surface area contributed by atoms with E-state index in [2.05, 4.69) is 4.98 Å². The van der Waals surface area contributed by atoms with Crippen LogP contribution in [0.15, 0.2) is 48.5 Å². The van der Waals surface area contributed by atoms with E-state index in [0.29, 0.717) is 24.3 Å². The van der Waals surface area contributed by atoms with E-state index in [1.165, 1.54) is 0 Å². The van der Waals surface area contributed by atoms with Crippen LogP contribution >= 0.6 is 11.3 Å². The molecule has 6 heteroatoms. The Hall–Kier alpha value is -2.73. The molecule has 3 aromatic rings. The molecule has 3 rings (SSSR count). The third-order valence-electron chi connectivity index (χ3n) is 3.73. The fourth-order valence-electron chi connectivity index (χ4n) is 2.44. The largest absolute Gasteiger partial charge is 0.494 e. The molecule has 0 amide bonds. The van der Waals surface area contributed by atoms with Crippen molar-refractivity contribution in [3.63, 3.8) is 0 Å². The molecule has 0 saturated heterocycles. The van der Waals surface area contributed by atoms with Crippen LogP contribution in [0.5, 0.6) is 5.75 Å². The fraction of sp³-hybridized carbons (Fsp3) is 0.250. The van der Waals surface area contributed by atoms with Crippen LogP contribution in [0.2, 0.25) is 0 Å². The van der Waals surface area contributed by atoms with Crippen LogP contribution in [-0.4, -0.2) is 30.0 Å². The molecule has 0 aliphatic carbocycles. The number of carbonyl (C=O) groups excluding carboxylic acids is 2. The van der Waals surface area contributed by atoms with Crippen LogP contribution in [-0.2, 0) is 16.0 Å². The monoisotopic (exact) mass is 369 g/mol. The van der Waals surface area contributed by atoms with Gasteiger partial charge in [-0.15, -0.1) is 11.3 Å². The molecular weight excluding hydrogens is 350 g/mol. The highest BCUT2D eigenvalue weighted by Crippen LogP contribution is 2.22. The minimum atomic E-state index is -0.399. The van der Waals surface area contributed by atoms with Crippen molar-refractivity contribution in [3.8, 4) is 5.75 Å². The SMILES string of the molecule is CCOc1ccc(C(=O)COC(=O)CCc2nc3ccccc3s2)cc1. The number of aryl methyl sites for hydroxylation is 1. The Morgan fingerprint density at radius 1 is 1.08 bits per heavy atom. The van der Waals surface area contributed by atoms with Crippen LogP contribution in [0.25, 0.3) is 10.2 Å². The number of ketones is 1. The van der Waals surface area contributed by atoms with Crippen molar-refractivity contribution in [3.05, 3.63) is 59.1 Å². The molecule has 134 valence electrons. The third-order valence-corrected chi connectivity index (χ3v) is 4.83. The van der Waals surface area contributed by atoms with Gasteiger partial charge < -0.3 is 9.47 Å². The predicted molar refractivity (Wildman–Crippen MR) is 101 cm³/mol. The molecule has 0 bridgehead atoms. The number of thiazole rings is 1. The second-order valence-corrected chi connectivity index (χ2v) is 6.73. The molecule has 0 N–H and O–H groups in total. The van der Waals surface area contributed by atoms with E-state index in [1.807, 2.05) is 31.2 Å². The highest BCUT2D eigenvalue weighted by Gasteiger charge is 2.12. The quantitative estimate of drug-likeness (QED) is 0.443. The highest BCUT2D eigenvalue weighted by molar-refractivity contribution is 7.18. The number of benzene rings is 2. The average Bonchev–Trinajstić information content (AvgIpc) is 3.08. The van der Waals surface area contributed by atoms with Gasteiger partial charge in [0.2, 0.25) is 0 Å².